The maximum absolute atomic E-state index is 10.2. The third-order valence-electron chi connectivity index (χ3n) is 1.49. The number of hydrogen-bond acceptors (Lipinski definition) is 3. The van der Waals surface area contributed by atoms with Gasteiger partial charge in [-0.1, -0.05) is 18.2 Å². The van der Waals surface area contributed by atoms with E-state index in [0.29, 0.717) is 11.3 Å². The van der Waals surface area contributed by atoms with Crippen molar-refractivity contribution in [3.8, 4) is 5.75 Å². The molecule has 0 spiro atoms. The number of aromatic hydroxyl groups is 1. The van der Waals surface area contributed by atoms with Gasteiger partial charge < -0.3 is 5.11 Å². The van der Waals surface area contributed by atoms with Crippen molar-refractivity contribution in [3.63, 3.8) is 0 Å². The Balaban J connectivity index is 0.000000140. The maximum Gasteiger partial charge on any atom is 0.292 e. The van der Waals surface area contributed by atoms with E-state index < -0.39 is 0 Å². The molecule has 72 valence electrons. The molecule has 1 N–H and O–H groups in total. The minimum atomic E-state index is -0.222. The number of rotatable bonds is 0. The molecule has 1 heterocycles. The number of phenols is 1. The fourth-order valence-electron chi connectivity index (χ4n) is 0.730. The van der Waals surface area contributed by atoms with Gasteiger partial charge in [0.2, 0.25) is 0 Å². The average molecular weight is 190 g/mol. The van der Waals surface area contributed by atoms with E-state index in [1.807, 2.05) is 6.07 Å². The van der Waals surface area contributed by atoms with E-state index in [0.717, 1.165) is 0 Å². The number of phenolic OH excluding ortho intramolecular Hbond substituents is 1. The lowest BCUT2D eigenvalue weighted by molar-refractivity contribution is -0.114. The van der Waals surface area contributed by atoms with Crippen LogP contribution in [0.15, 0.2) is 52.3 Å². The minimum Gasteiger partial charge on any atom is -0.508 e. The number of amides is 1. The average Bonchev–Trinajstić information content (AvgIpc) is 2.53. The molecule has 0 radical (unpaired) electrons. The van der Waals surface area contributed by atoms with Crippen LogP contribution in [0.2, 0.25) is 0 Å². The quantitative estimate of drug-likeness (QED) is 0.682. The molecule has 0 saturated heterocycles. The van der Waals surface area contributed by atoms with Gasteiger partial charge in [0.25, 0.3) is 5.91 Å². The summed E-state index contributed by atoms with van der Waals surface area (Å²) in [6.07, 6.45) is 1.45. The number of nitrogens with zero attached hydrogens (tertiary/aromatic N) is 2. The fourth-order valence-corrected chi connectivity index (χ4v) is 0.730. The Morgan fingerprint density at radius 3 is 2.07 bits per heavy atom. The summed E-state index contributed by atoms with van der Waals surface area (Å²) in [7, 11) is 0. The molecule has 4 nitrogen and oxygen atoms in total. The monoisotopic (exact) mass is 190 g/mol. The fraction of sp³-hybridized carbons (Fsp3) is 0.100. The first-order valence-electron chi connectivity index (χ1n) is 4.06. The predicted octanol–water partition coefficient (Wildman–Crippen LogP) is 2.27. The smallest absolute Gasteiger partial charge is 0.292 e. The third-order valence-corrected chi connectivity index (χ3v) is 1.49. The molecular formula is C10H10N2O2. The van der Waals surface area contributed by atoms with Crippen molar-refractivity contribution in [2.75, 3.05) is 0 Å². The summed E-state index contributed by atoms with van der Waals surface area (Å²) in [6, 6.07) is 8.71. The van der Waals surface area contributed by atoms with Crippen LogP contribution in [0.5, 0.6) is 5.75 Å². The van der Waals surface area contributed by atoms with Gasteiger partial charge in [-0.15, -0.1) is 5.11 Å². The number of carbonyl (C=O) groups is 1. The highest BCUT2D eigenvalue weighted by atomic mass is 16.3. The lowest BCUT2D eigenvalue weighted by Crippen LogP contribution is -1.86. The van der Waals surface area contributed by atoms with Crippen LogP contribution in [0.4, 0.5) is 0 Å². The lowest BCUT2D eigenvalue weighted by Gasteiger charge is -1.82. The van der Waals surface area contributed by atoms with Crippen molar-refractivity contribution < 1.29 is 9.90 Å². The van der Waals surface area contributed by atoms with Crippen LogP contribution < -0.4 is 0 Å². The van der Waals surface area contributed by atoms with Gasteiger partial charge in [0.1, 0.15) is 5.75 Å². The van der Waals surface area contributed by atoms with Gasteiger partial charge in [-0.2, -0.15) is 5.11 Å². The largest absolute Gasteiger partial charge is 0.508 e. The van der Waals surface area contributed by atoms with Gasteiger partial charge >= 0.3 is 0 Å². The second-order valence-corrected chi connectivity index (χ2v) is 2.67. The maximum atomic E-state index is 10.2. The normalized spacial score (nSPS) is 13.2. The summed E-state index contributed by atoms with van der Waals surface area (Å²) in [4.78, 5) is 10.2. The molecule has 0 saturated carbocycles. The van der Waals surface area contributed by atoms with Crippen molar-refractivity contribution in [2.24, 2.45) is 10.2 Å². The summed E-state index contributed by atoms with van der Waals surface area (Å²) in [5.41, 5.74) is 0.611. The van der Waals surface area contributed by atoms with E-state index in [1.165, 1.54) is 6.20 Å². The van der Waals surface area contributed by atoms with Gasteiger partial charge in [-0.3, -0.25) is 4.79 Å². The van der Waals surface area contributed by atoms with E-state index in [4.69, 9.17) is 5.11 Å². The Morgan fingerprint density at radius 1 is 1.21 bits per heavy atom. The molecule has 1 amide bonds. The molecular weight excluding hydrogens is 180 g/mol. The minimum absolute atomic E-state index is 0.222. The summed E-state index contributed by atoms with van der Waals surface area (Å²) < 4.78 is 0. The lowest BCUT2D eigenvalue weighted by atomic mass is 10.3. The van der Waals surface area contributed by atoms with E-state index in [1.54, 1.807) is 31.2 Å². The molecule has 2 rings (SSSR count). The zero-order valence-corrected chi connectivity index (χ0v) is 7.71. The van der Waals surface area contributed by atoms with Crippen LogP contribution in [0.3, 0.4) is 0 Å². The number of carbonyl (C=O) groups excluding carboxylic acids is 1. The second kappa shape index (κ2) is 4.91. The summed E-state index contributed by atoms with van der Waals surface area (Å²) >= 11 is 0. The number of hydrogen-bond donors (Lipinski definition) is 1. The molecule has 1 aromatic rings. The zero-order chi connectivity index (χ0) is 10.4. The van der Waals surface area contributed by atoms with Crippen LogP contribution in [-0.2, 0) is 4.79 Å². The van der Waals surface area contributed by atoms with Gasteiger partial charge in [0.15, 0.2) is 0 Å². The Kier molecular flexibility index (Phi) is 3.55. The number of para-hydroxylation sites is 1. The molecule has 1 aromatic carbocycles. The van der Waals surface area contributed by atoms with Crippen molar-refractivity contribution in [1.82, 2.24) is 0 Å². The van der Waals surface area contributed by atoms with Crippen molar-refractivity contribution in [3.05, 3.63) is 42.1 Å². The molecule has 0 aliphatic carbocycles. The molecule has 0 fully saturated rings. The van der Waals surface area contributed by atoms with Crippen LogP contribution >= 0.6 is 0 Å². The summed E-state index contributed by atoms with van der Waals surface area (Å²) in [6.45, 7) is 1.68. The third kappa shape index (κ3) is 3.18. The van der Waals surface area contributed by atoms with E-state index >= 15 is 0 Å². The molecule has 4 heteroatoms. The van der Waals surface area contributed by atoms with Gasteiger partial charge in [-0.05, 0) is 19.1 Å². The van der Waals surface area contributed by atoms with Crippen molar-refractivity contribution >= 4 is 5.91 Å². The van der Waals surface area contributed by atoms with Crippen LogP contribution in [-0.4, -0.2) is 11.0 Å². The molecule has 14 heavy (non-hydrogen) atoms. The van der Waals surface area contributed by atoms with Gasteiger partial charge in [0.05, 0.1) is 6.20 Å². The van der Waals surface area contributed by atoms with Crippen LogP contribution in [0.1, 0.15) is 6.92 Å². The first kappa shape index (κ1) is 10.1. The van der Waals surface area contributed by atoms with Crippen molar-refractivity contribution in [1.29, 1.82) is 0 Å². The molecule has 1 aliphatic rings. The highest BCUT2D eigenvalue weighted by Crippen LogP contribution is 2.03. The van der Waals surface area contributed by atoms with Gasteiger partial charge in [0, 0.05) is 5.57 Å². The second-order valence-electron chi connectivity index (χ2n) is 2.67. The molecule has 0 atom stereocenters. The Labute approximate surface area is 81.6 Å². The molecule has 1 aliphatic heterocycles. The molecule has 0 aromatic heterocycles. The molecule has 0 bridgehead atoms. The standard InChI is InChI=1S/C6H6O.C4H4N2O/c7-6-4-2-1-3-5-6;1-3-2-5-6-4(3)7/h1-5,7H;2H,1H3. The topological polar surface area (TPSA) is 62.0 Å². The Hall–Kier alpha value is -1.97. The van der Waals surface area contributed by atoms with Crippen molar-refractivity contribution in [2.45, 2.75) is 6.92 Å². The van der Waals surface area contributed by atoms with Crippen LogP contribution in [0.25, 0.3) is 0 Å². The zero-order valence-electron chi connectivity index (χ0n) is 7.71. The predicted molar refractivity (Wildman–Crippen MR) is 51.7 cm³/mol. The number of benzene rings is 1. The first-order valence-corrected chi connectivity index (χ1v) is 4.06. The number of azo groups is 1. The van der Waals surface area contributed by atoms with Crippen LogP contribution in [0, 0.1) is 0 Å². The molecule has 0 unspecified atom stereocenters. The SMILES string of the molecule is CC1=CN=NC1=O.Oc1ccccc1. The Bertz CT molecular complexity index is 369. The van der Waals surface area contributed by atoms with E-state index in [9.17, 15) is 4.79 Å². The first-order chi connectivity index (χ1) is 6.70. The van der Waals surface area contributed by atoms with E-state index in [2.05, 4.69) is 10.2 Å². The summed E-state index contributed by atoms with van der Waals surface area (Å²) in [5.74, 6) is 0.0995. The highest BCUT2D eigenvalue weighted by Gasteiger charge is 2.04. The van der Waals surface area contributed by atoms with E-state index in [-0.39, 0.29) is 5.91 Å². The van der Waals surface area contributed by atoms with Gasteiger partial charge in [-0.25, -0.2) is 0 Å². The Morgan fingerprint density at radius 2 is 1.86 bits per heavy atom. The summed E-state index contributed by atoms with van der Waals surface area (Å²) in [5, 5.41) is 15.2. The highest BCUT2D eigenvalue weighted by molar-refractivity contribution is 5.94.